The van der Waals surface area contributed by atoms with Crippen molar-refractivity contribution in [1.82, 2.24) is 5.32 Å². The van der Waals surface area contributed by atoms with Gasteiger partial charge in [-0.15, -0.1) is 0 Å². The Kier molecular flexibility index (Phi) is 3.53. The van der Waals surface area contributed by atoms with Gasteiger partial charge in [0.25, 0.3) is 0 Å². The van der Waals surface area contributed by atoms with Crippen molar-refractivity contribution in [1.29, 1.82) is 5.41 Å². The van der Waals surface area contributed by atoms with Gasteiger partial charge in [0.1, 0.15) is 0 Å². The first-order valence-corrected chi connectivity index (χ1v) is 4.80. The Labute approximate surface area is 74.2 Å². The summed E-state index contributed by atoms with van der Waals surface area (Å²) in [7, 11) is 0. The summed E-state index contributed by atoms with van der Waals surface area (Å²) in [6.45, 7) is 4.30. The fourth-order valence-corrected chi connectivity index (χ4v) is 2.05. The molecule has 1 atom stereocenters. The molecule has 0 saturated carbocycles. The zero-order valence-corrected chi connectivity index (χ0v) is 7.77. The first-order chi connectivity index (χ1) is 5.75. The van der Waals surface area contributed by atoms with Crippen molar-refractivity contribution in [2.45, 2.75) is 26.2 Å². The van der Waals surface area contributed by atoms with Crippen LogP contribution in [0.5, 0.6) is 0 Å². The van der Waals surface area contributed by atoms with Crippen LogP contribution >= 0.6 is 0 Å². The minimum absolute atomic E-state index is 0.326. The molecule has 1 saturated heterocycles. The Morgan fingerprint density at radius 3 is 2.58 bits per heavy atom. The summed E-state index contributed by atoms with van der Waals surface area (Å²) in [6.07, 6.45) is 3.37. The van der Waals surface area contributed by atoms with E-state index in [1.165, 1.54) is 12.8 Å². The average molecular weight is 169 g/mol. The molecule has 1 unspecified atom stereocenters. The lowest BCUT2D eigenvalue weighted by Gasteiger charge is -2.29. The van der Waals surface area contributed by atoms with Gasteiger partial charge >= 0.3 is 0 Å². The Hall–Kier alpha value is -0.570. The summed E-state index contributed by atoms with van der Waals surface area (Å²) in [6, 6.07) is 0. The van der Waals surface area contributed by atoms with Crippen LogP contribution in [-0.4, -0.2) is 18.9 Å². The van der Waals surface area contributed by atoms with Gasteiger partial charge < -0.3 is 11.1 Å². The van der Waals surface area contributed by atoms with E-state index < -0.39 is 0 Å². The second kappa shape index (κ2) is 4.45. The number of hydrogen-bond acceptors (Lipinski definition) is 2. The van der Waals surface area contributed by atoms with Crippen molar-refractivity contribution in [3.8, 4) is 0 Å². The Morgan fingerprint density at radius 1 is 1.58 bits per heavy atom. The van der Waals surface area contributed by atoms with Crippen molar-refractivity contribution in [2.75, 3.05) is 13.1 Å². The first kappa shape index (κ1) is 9.52. The molecule has 12 heavy (non-hydrogen) atoms. The van der Waals surface area contributed by atoms with Crippen LogP contribution < -0.4 is 11.1 Å². The zero-order valence-electron chi connectivity index (χ0n) is 7.77. The zero-order chi connectivity index (χ0) is 8.97. The number of hydrogen-bond donors (Lipinski definition) is 3. The van der Waals surface area contributed by atoms with Crippen LogP contribution in [0.15, 0.2) is 0 Å². The van der Waals surface area contributed by atoms with Crippen molar-refractivity contribution >= 4 is 5.84 Å². The van der Waals surface area contributed by atoms with Gasteiger partial charge in [0.2, 0.25) is 0 Å². The summed E-state index contributed by atoms with van der Waals surface area (Å²) >= 11 is 0. The highest BCUT2D eigenvalue weighted by atomic mass is 14.9. The molecule has 0 radical (unpaired) electrons. The number of piperidine rings is 1. The molecule has 0 bridgehead atoms. The van der Waals surface area contributed by atoms with Gasteiger partial charge in [0.15, 0.2) is 0 Å². The molecule has 0 aromatic carbocycles. The van der Waals surface area contributed by atoms with Gasteiger partial charge in [-0.2, -0.15) is 0 Å². The standard InChI is InChI=1S/C9H19N3/c1-2-8(9(10)11)7-3-5-12-6-4-7/h7-8,12H,2-6H2,1H3,(H3,10,11). The molecule has 0 amide bonds. The van der Waals surface area contributed by atoms with Gasteiger partial charge in [0.05, 0.1) is 5.84 Å². The SMILES string of the molecule is CCC(C(=N)N)C1CCNCC1. The van der Waals surface area contributed by atoms with Gasteiger partial charge in [-0.1, -0.05) is 6.92 Å². The maximum absolute atomic E-state index is 7.45. The highest BCUT2D eigenvalue weighted by Gasteiger charge is 2.23. The molecule has 0 aliphatic carbocycles. The third kappa shape index (κ3) is 2.21. The van der Waals surface area contributed by atoms with E-state index in [0.717, 1.165) is 19.5 Å². The van der Waals surface area contributed by atoms with Crippen molar-refractivity contribution in [3.05, 3.63) is 0 Å². The summed E-state index contributed by atoms with van der Waals surface area (Å²) in [4.78, 5) is 0. The quantitative estimate of drug-likeness (QED) is 0.435. The van der Waals surface area contributed by atoms with E-state index in [1.54, 1.807) is 0 Å². The Morgan fingerprint density at radius 2 is 2.17 bits per heavy atom. The predicted octanol–water partition coefficient (Wildman–Crippen LogP) is 0.948. The number of nitrogens with two attached hydrogens (primary N) is 1. The molecule has 70 valence electrons. The van der Waals surface area contributed by atoms with E-state index in [0.29, 0.717) is 17.7 Å². The molecule has 3 heteroatoms. The van der Waals surface area contributed by atoms with E-state index in [-0.39, 0.29) is 0 Å². The molecule has 1 aliphatic heterocycles. The van der Waals surface area contributed by atoms with E-state index >= 15 is 0 Å². The van der Waals surface area contributed by atoms with Crippen molar-refractivity contribution in [2.24, 2.45) is 17.6 Å². The van der Waals surface area contributed by atoms with E-state index in [4.69, 9.17) is 11.1 Å². The van der Waals surface area contributed by atoms with Crippen LogP contribution in [0, 0.1) is 17.2 Å². The van der Waals surface area contributed by atoms with Crippen LogP contribution in [-0.2, 0) is 0 Å². The normalized spacial score (nSPS) is 22.1. The lowest BCUT2D eigenvalue weighted by molar-refractivity contribution is 0.305. The van der Waals surface area contributed by atoms with Crippen molar-refractivity contribution < 1.29 is 0 Å². The summed E-state index contributed by atoms with van der Waals surface area (Å²) in [5.74, 6) is 1.35. The number of amidine groups is 1. The van der Waals surface area contributed by atoms with Gasteiger partial charge in [0, 0.05) is 5.92 Å². The largest absolute Gasteiger partial charge is 0.387 e. The molecule has 0 aromatic rings. The maximum atomic E-state index is 7.45. The van der Waals surface area contributed by atoms with E-state index in [9.17, 15) is 0 Å². The predicted molar refractivity (Wildman–Crippen MR) is 51.3 cm³/mol. The molecule has 3 nitrogen and oxygen atoms in total. The summed E-state index contributed by atoms with van der Waals surface area (Å²) < 4.78 is 0. The molecule has 0 spiro atoms. The van der Waals surface area contributed by atoms with Gasteiger partial charge in [-0.05, 0) is 38.3 Å². The van der Waals surface area contributed by atoms with E-state index in [2.05, 4.69) is 12.2 Å². The third-order valence-electron chi connectivity index (χ3n) is 2.79. The fourth-order valence-electron chi connectivity index (χ4n) is 2.05. The molecule has 0 aromatic heterocycles. The third-order valence-corrected chi connectivity index (χ3v) is 2.79. The minimum Gasteiger partial charge on any atom is -0.387 e. The van der Waals surface area contributed by atoms with Crippen LogP contribution in [0.4, 0.5) is 0 Å². The molecule has 1 fully saturated rings. The highest BCUT2D eigenvalue weighted by molar-refractivity contribution is 5.79. The smallest absolute Gasteiger partial charge is 0.0939 e. The topological polar surface area (TPSA) is 61.9 Å². The van der Waals surface area contributed by atoms with Gasteiger partial charge in [-0.25, -0.2) is 0 Å². The molecular formula is C9H19N3. The second-order valence-electron chi connectivity index (χ2n) is 3.56. The highest BCUT2D eigenvalue weighted by Crippen LogP contribution is 2.24. The Bertz CT molecular complexity index is 150. The molecule has 4 N–H and O–H groups in total. The summed E-state index contributed by atoms with van der Waals surface area (Å²) in [5.41, 5.74) is 5.54. The fraction of sp³-hybridized carbons (Fsp3) is 0.889. The van der Waals surface area contributed by atoms with Crippen LogP contribution in [0.2, 0.25) is 0 Å². The maximum Gasteiger partial charge on any atom is 0.0939 e. The van der Waals surface area contributed by atoms with Gasteiger partial charge in [-0.3, -0.25) is 5.41 Å². The van der Waals surface area contributed by atoms with E-state index in [1.807, 2.05) is 0 Å². The minimum atomic E-state index is 0.326. The number of rotatable bonds is 3. The average Bonchev–Trinajstić information content (AvgIpc) is 2.07. The molecular weight excluding hydrogens is 150 g/mol. The molecule has 1 rings (SSSR count). The van der Waals surface area contributed by atoms with Crippen LogP contribution in [0.1, 0.15) is 26.2 Å². The lowest BCUT2D eigenvalue weighted by atomic mass is 9.82. The Balaban J connectivity index is 2.46. The first-order valence-electron chi connectivity index (χ1n) is 4.80. The van der Waals surface area contributed by atoms with Crippen LogP contribution in [0.25, 0.3) is 0 Å². The number of nitrogens with one attached hydrogen (secondary N) is 2. The lowest BCUT2D eigenvalue weighted by Crippen LogP contribution is -2.36. The van der Waals surface area contributed by atoms with Crippen LogP contribution in [0.3, 0.4) is 0 Å². The monoisotopic (exact) mass is 169 g/mol. The molecule has 1 heterocycles. The molecule has 1 aliphatic rings. The summed E-state index contributed by atoms with van der Waals surface area (Å²) in [5, 5.41) is 10.8. The van der Waals surface area contributed by atoms with Crippen molar-refractivity contribution in [3.63, 3.8) is 0 Å². The second-order valence-corrected chi connectivity index (χ2v) is 3.56.